The molecule has 172 valence electrons. The van der Waals surface area contributed by atoms with E-state index >= 15 is 0 Å². The molecule has 10 heteroatoms. The summed E-state index contributed by atoms with van der Waals surface area (Å²) in [7, 11) is 0. The molecule has 3 amide bonds. The molecule has 0 aliphatic carbocycles. The fourth-order valence-electron chi connectivity index (χ4n) is 2.87. The summed E-state index contributed by atoms with van der Waals surface area (Å²) in [5, 5.41) is 5.79. The molecule has 8 nitrogen and oxygen atoms in total. The van der Waals surface area contributed by atoms with Crippen LogP contribution >= 0.6 is 23.1 Å². The predicted molar refractivity (Wildman–Crippen MR) is 129 cm³/mol. The molecule has 0 radical (unpaired) electrons. The standard InChI is InChI=1S/C23H24N4O4S2/c1-15-21(32-14-19(24)28)33-22(25-15)27-20(29)18(12-16-8-4-2-5-9-16)26-23(30)31-13-17-10-6-3-7-11-17/h2-11,18H,12-14H2,1H3,(H2,24,28)(H,26,30)(H,25,27,29)/t18-/m0/s1. The number of amides is 3. The minimum absolute atomic E-state index is 0.0957. The molecule has 1 aromatic heterocycles. The minimum atomic E-state index is -0.874. The van der Waals surface area contributed by atoms with Gasteiger partial charge in [0.1, 0.15) is 12.6 Å². The van der Waals surface area contributed by atoms with Crippen LogP contribution in [0.15, 0.2) is 64.9 Å². The molecule has 0 bridgehead atoms. The number of aromatic nitrogens is 1. The molecule has 0 saturated carbocycles. The van der Waals surface area contributed by atoms with Gasteiger partial charge in [-0.1, -0.05) is 72.0 Å². The highest BCUT2D eigenvalue weighted by molar-refractivity contribution is 8.01. The molecule has 3 aromatic rings. The van der Waals surface area contributed by atoms with Crippen molar-refractivity contribution in [3.8, 4) is 0 Å². The highest BCUT2D eigenvalue weighted by Crippen LogP contribution is 2.31. The van der Waals surface area contributed by atoms with Crippen molar-refractivity contribution in [3.05, 3.63) is 77.5 Å². The zero-order chi connectivity index (χ0) is 23.6. The van der Waals surface area contributed by atoms with E-state index in [0.717, 1.165) is 15.3 Å². The first-order valence-corrected chi connectivity index (χ1v) is 11.9. The molecule has 1 atom stereocenters. The summed E-state index contributed by atoms with van der Waals surface area (Å²) in [5.74, 6) is -0.725. The third kappa shape index (κ3) is 7.92. The number of primary amides is 1. The Morgan fingerprint density at radius 2 is 1.70 bits per heavy atom. The van der Waals surface area contributed by atoms with E-state index in [1.165, 1.54) is 23.1 Å². The highest BCUT2D eigenvalue weighted by Gasteiger charge is 2.24. The number of carbonyl (C=O) groups excluding carboxylic acids is 3. The van der Waals surface area contributed by atoms with Crippen LogP contribution in [0.1, 0.15) is 16.8 Å². The number of carbonyl (C=O) groups is 3. The molecular formula is C23H24N4O4S2. The largest absolute Gasteiger partial charge is 0.445 e. The zero-order valence-corrected chi connectivity index (χ0v) is 19.6. The monoisotopic (exact) mass is 484 g/mol. The van der Waals surface area contributed by atoms with Gasteiger partial charge in [0, 0.05) is 6.42 Å². The van der Waals surface area contributed by atoms with Crippen molar-refractivity contribution in [3.63, 3.8) is 0 Å². The molecule has 2 aromatic carbocycles. The molecule has 0 aliphatic heterocycles. The third-order valence-electron chi connectivity index (χ3n) is 4.43. The summed E-state index contributed by atoms with van der Waals surface area (Å²) in [5.41, 5.74) is 7.62. The Balaban J connectivity index is 1.66. The van der Waals surface area contributed by atoms with Crippen LogP contribution in [0.5, 0.6) is 0 Å². The van der Waals surface area contributed by atoms with E-state index in [2.05, 4.69) is 15.6 Å². The predicted octanol–water partition coefficient (Wildman–Crippen LogP) is 3.51. The van der Waals surface area contributed by atoms with Crippen molar-refractivity contribution in [1.82, 2.24) is 10.3 Å². The number of nitrogens with one attached hydrogen (secondary N) is 2. The fraction of sp³-hybridized carbons (Fsp3) is 0.217. The van der Waals surface area contributed by atoms with Gasteiger partial charge in [-0.15, -0.1) is 11.8 Å². The maximum Gasteiger partial charge on any atom is 0.408 e. The van der Waals surface area contributed by atoms with Gasteiger partial charge >= 0.3 is 6.09 Å². The number of thioether (sulfide) groups is 1. The lowest BCUT2D eigenvalue weighted by Gasteiger charge is -2.18. The minimum Gasteiger partial charge on any atom is -0.445 e. The quantitative estimate of drug-likeness (QED) is 0.379. The lowest BCUT2D eigenvalue weighted by molar-refractivity contribution is -0.118. The van der Waals surface area contributed by atoms with E-state index in [4.69, 9.17) is 10.5 Å². The van der Waals surface area contributed by atoms with Gasteiger partial charge in [0.25, 0.3) is 0 Å². The van der Waals surface area contributed by atoms with Crippen LogP contribution < -0.4 is 16.4 Å². The van der Waals surface area contributed by atoms with Crippen LogP contribution in [-0.2, 0) is 27.4 Å². The molecule has 0 unspecified atom stereocenters. The third-order valence-corrected chi connectivity index (χ3v) is 6.89. The van der Waals surface area contributed by atoms with E-state index < -0.39 is 23.9 Å². The number of benzene rings is 2. The maximum absolute atomic E-state index is 13.0. The van der Waals surface area contributed by atoms with E-state index in [1.807, 2.05) is 60.7 Å². The highest BCUT2D eigenvalue weighted by atomic mass is 32.2. The number of hydrogen-bond donors (Lipinski definition) is 3. The van der Waals surface area contributed by atoms with Crippen LogP contribution in [0.4, 0.5) is 9.93 Å². The number of anilines is 1. The average molecular weight is 485 g/mol. The smallest absolute Gasteiger partial charge is 0.408 e. The molecule has 0 fully saturated rings. The van der Waals surface area contributed by atoms with Gasteiger partial charge < -0.3 is 21.1 Å². The van der Waals surface area contributed by atoms with Gasteiger partial charge in [-0.3, -0.25) is 9.59 Å². The first-order valence-electron chi connectivity index (χ1n) is 10.1. The molecule has 1 heterocycles. The van der Waals surface area contributed by atoms with Gasteiger partial charge in [-0.05, 0) is 18.1 Å². The van der Waals surface area contributed by atoms with Crippen LogP contribution in [0.2, 0.25) is 0 Å². The summed E-state index contributed by atoms with van der Waals surface area (Å²) in [6, 6.07) is 17.8. The molecular weight excluding hydrogens is 460 g/mol. The van der Waals surface area contributed by atoms with E-state index in [1.54, 1.807) is 6.92 Å². The fourth-order valence-corrected chi connectivity index (χ4v) is 4.75. The second-order valence-electron chi connectivity index (χ2n) is 7.08. The van der Waals surface area contributed by atoms with Crippen LogP contribution in [0, 0.1) is 6.92 Å². The Hall–Kier alpha value is -3.37. The van der Waals surface area contributed by atoms with Gasteiger partial charge in [0.05, 0.1) is 15.7 Å². The first kappa shape index (κ1) is 24.3. The van der Waals surface area contributed by atoms with Crippen molar-refractivity contribution < 1.29 is 19.1 Å². The number of rotatable bonds is 10. The second-order valence-corrected chi connectivity index (χ2v) is 9.33. The normalized spacial score (nSPS) is 11.4. The van der Waals surface area contributed by atoms with Crippen molar-refractivity contribution in [2.75, 3.05) is 11.1 Å². The van der Waals surface area contributed by atoms with E-state index in [-0.39, 0.29) is 18.8 Å². The summed E-state index contributed by atoms with van der Waals surface area (Å²) in [4.78, 5) is 40.8. The molecule has 0 aliphatic rings. The van der Waals surface area contributed by atoms with Crippen LogP contribution in [0.3, 0.4) is 0 Å². The maximum atomic E-state index is 13.0. The Labute approximate surface area is 199 Å². The average Bonchev–Trinajstić information content (AvgIpc) is 3.16. The SMILES string of the molecule is Cc1nc(NC(=O)[C@H](Cc2ccccc2)NC(=O)OCc2ccccc2)sc1SCC(N)=O. The van der Waals surface area contributed by atoms with Crippen molar-refractivity contribution in [2.45, 2.75) is 30.2 Å². The van der Waals surface area contributed by atoms with Crippen LogP contribution in [0.25, 0.3) is 0 Å². The van der Waals surface area contributed by atoms with Gasteiger partial charge in [-0.25, -0.2) is 9.78 Å². The Morgan fingerprint density at radius 1 is 1.06 bits per heavy atom. The topological polar surface area (TPSA) is 123 Å². The number of aryl methyl sites for hydroxylation is 1. The van der Waals surface area contributed by atoms with E-state index in [0.29, 0.717) is 10.8 Å². The number of nitrogens with zero attached hydrogens (tertiary/aromatic N) is 1. The zero-order valence-electron chi connectivity index (χ0n) is 17.9. The number of nitrogens with two attached hydrogens (primary N) is 1. The van der Waals surface area contributed by atoms with Gasteiger partial charge in [0.15, 0.2) is 5.13 Å². The Morgan fingerprint density at radius 3 is 2.33 bits per heavy atom. The Bertz CT molecular complexity index is 1090. The molecule has 3 rings (SSSR count). The van der Waals surface area contributed by atoms with E-state index in [9.17, 15) is 14.4 Å². The second kappa shape index (κ2) is 12.0. The lowest BCUT2D eigenvalue weighted by Crippen LogP contribution is -2.45. The number of ether oxygens (including phenoxy) is 1. The van der Waals surface area contributed by atoms with Gasteiger partial charge in [0.2, 0.25) is 11.8 Å². The van der Waals surface area contributed by atoms with Crippen LogP contribution in [-0.4, -0.2) is 34.7 Å². The number of alkyl carbamates (subject to hydrolysis) is 1. The number of hydrogen-bond acceptors (Lipinski definition) is 7. The van der Waals surface area contributed by atoms with Crippen molar-refractivity contribution in [2.24, 2.45) is 5.73 Å². The molecule has 4 N–H and O–H groups in total. The lowest BCUT2D eigenvalue weighted by atomic mass is 10.1. The number of thiazole rings is 1. The summed E-state index contributed by atoms with van der Waals surface area (Å²) in [6.45, 7) is 1.88. The molecule has 0 spiro atoms. The molecule has 0 saturated heterocycles. The summed E-state index contributed by atoms with van der Waals surface area (Å²) < 4.78 is 6.07. The van der Waals surface area contributed by atoms with Crippen molar-refractivity contribution >= 4 is 46.1 Å². The first-order chi connectivity index (χ1) is 15.9. The van der Waals surface area contributed by atoms with Gasteiger partial charge in [-0.2, -0.15) is 0 Å². The Kier molecular flexibility index (Phi) is 8.85. The summed E-state index contributed by atoms with van der Waals surface area (Å²) in [6.07, 6.45) is -0.413. The molecule has 33 heavy (non-hydrogen) atoms. The van der Waals surface area contributed by atoms with Crippen molar-refractivity contribution in [1.29, 1.82) is 0 Å². The summed E-state index contributed by atoms with van der Waals surface area (Å²) >= 11 is 2.52.